The van der Waals surface area contributed by atoms with Crippen LogP contribution in [-0.2, 0) is 11.3 Å². The summed E-state index contributed by atoms with van der Waals surface area (Å²) < 4.78 is 19.2. The van der Waals surface area contributed by atoms with E-state index in [2.05, 4.69) is 0 Å². The average Bonchev–Trinajstić information content (AvgIpc) is 2.39. The van der Waals surface area contributed by atoms with E-state index in [-0.39, 0.29) is 25.1 Å². The van der Waals surface area contributed by atoms with E-state index >= 15 is 0 Å². The maximum atomic E-state index is 13.5. The minimum absolute atomic E-state index is 0.156. The largest absolute Gasteiger partial charge is 0.396 e. The van der Waals surface area contributed by atoms with Gasteiger partial charge in [0.15, 0.2) is 0 Å². The Kier molecular flexibility index (Phi) is 4.98. The highest BCUT2D eigenvalue weighted by Crippen LogP contribution is 2.27. The van der Waals surface area contributed by atoms with Gasteiger partial charge in [-0.05, 0) is 43.7 Å². The summed E-state index contributed by atoms with van der Waals surface area (Å²) in [6.45, 7) is 0.478. The molecule has 1 aromatic rings. The average molecular weight is 273 g/mol. The van der Waals surface area contributed by atoms with E-state index in [1.54, 1.807) is 12.1 Å². The van der Waals surface area contributed by atoms with Crippen molar-refractivity contribution in [3.63, 3.8) is 0 Å². The molecule has 0 spiro atoms. The third-order valence-electron chi connectivity index (χ3n) is 3.58. The van der Waals surface area contributed by atoms with Crippen molar-refractivity contribution < 1.29 is 14.2 Å². The molecule has 0 radical (unpaired) electrons. The summed E-state index contributed by atoms with van der Waals surface area (Å²) in [5.74, 6) is 0.0912. The number of ether oxygens (including phenoxy) is 1. The molecule has 2 rings (SSSR count). The molecule has 0 saturated heterocycles. The lowest BCUT2D eigenvalue weighted by Crippen LogP contribution is -2.23. The molecular weight excluding hydrogens is 255 g/mol. The molecule has 0 heterocycles. The highest BCUT2D eigenvalue weighted by Gasteiger charge is 2.21. The van der Waals surface area contributed by atoms with Gasteiger partial charge in [-0.3, -0.25) is 0 Å². The van der Waals surface area contributed by atoms with Gasteiger partial charge in [-0.15, -0.1) is 0 Å². The van der Waals surface area contributed by atoms with Crippen LogP contribution >= 0.6 is 11.6 Å². The number of hydrogen-bond acceptors (Lipinski definition) is 2. The number of aliphatic hydroxyl groups is 1. The van der Waals surface area contributed by atoms with Crippen molar-refractivity contribution in [1.29, 1.82) is 0 Å². The first-order valence-corrected chi connectivity index (χ1v) is 6.74. The van der Waals surface area contributed by atoms with Crippen molar-refractivity contribution in [3.8, 4) is 0 Å². The Morgan fingerprint density at radius 3 is 2.61 bits per heavy atom. The Bertz CT molecular complexity index is 369. The van der Waals surface area contributed by atoms with Crippen molar-refractivity contribution in [2.45, 2.75) is 38.4 Å². The molecule has 18 heavy (non-hydrogen) atoms. The molecule has 1 saturated carbocycles. The van der Waals surface area contributed by atoms with Crippen LogP contribution in [0.2, 0.25) is 5.02 Å². The summed E-state index contributed by atoms with van der Waals surface area (Å²) in [4.78, 5) is 0. The molecular formula is C14H18ClFO2. The van der Waals surface area contributed by atoms with E-state index in [1.165, 1.54) is 6.07 Å². The number of rotatable bonds is 4. The van der Waals surface area contributed by atoms with Crippen molar-refractivity contribution in [2.24, 2.45) is 5.92 Å². The van der Waals surface area contributed by atoms with Gasteiger partial charge in [0.25, 0.3) is 0 Å². The maximum absolute atomic E-state index is 13.5. The molecule has 1 aliphatic rings. The van der Waals surface area contributed by atoms with Crippen LogP contribution in [0.4, 0.5) is 4.39 Å². The van der Waals surface area contributed by atoms with Crippen LogP contribution < -0.4 is 0 Å². The third-order valence-corrected chi connectivity index (χ3v) is 3.93. The molecule has 0 bridgehead atoms. The highest BCUT2D eigenvalue weighted by atomic mass is 35.5. The fourth-order valence-corrected chi connectivity index (χ4v) is 2.57. The van der Waals surface area contributed by atoms with E-state index in [0.717, 1.165) is 25.7 Å². The van der Waals surface area contributed by atoms with Crippen molar-refractivity contribution in [1.82, 2.24) is 0 Å². The molecule has 100 valence electrons. The maximum Gasteiger partial charge on any atom is 0.130 e. The molecule has 0 aliphatic heterocycles. The van der Waals surface area contributed by atoms with Gasteiger partial charge < -0.3 is 9.84 Å². The lowest BCUT2D eigenvalue weighted by molar-refractivity contribution is 0.000189. The SMILES string of the molecule is OCC1CCC(OCc2c(F)cccc2Cl)CC1. The number of aliphatic hydroxyl groups excluding tert-OH is 1. The second kappa shape index (κ2) is 6.50. The Labute approximate surface area is 112 Å². The predicted octanol–water partition coefficient (Wildman–Crippen LogP) is 3.55. The number of hydrogen-bond donors (Lipinski definition) is 1. The third kappa shape index (κ3) is 3.44. The van der Waals surface area contributed by atoms with Gasteiger partial charge in [-0.2, -0.15) is 0 Å². The van der Waals surface area contributed by atoms with Gasteiger partial charge in [-0.1, -0.05) is 17.7 Å². The second-order valence-electron chi connectivity index (χ2n) is 4.84. The lowest BCUT2D eigenvalue weighted by atomic mass is 9.88. The minimum atomic E-state index is -0.313. The van der Waals surface area contributed by atoms with Crippen LogP contribution in [0.3, 0.4) is 0 Å². The first kappa shape index (κ1) is 13.8. The summed E-state index contributed by atoms with van der Waals surface area (Å²) in [6, 6.07) is 4.66. The van der Waals surface area contributed by atoms with Gasteiger partial charge in [0.2, 0.25) is 0 Å². The van der Waals surface area contributed by atoms with Crippen LogP contribution in [0.1, 0.15) is 31.2 Å². The lowest BCUT2D eigenvalue weighted by Gasteiger charge is -2.27. The first-order chi connectivity index (χ1) is 8.70. The molecule has 2 nitrogen and oxygen atoms in total. The molecule has 1 aliphatic carbocycles. The Balaban J connectivity index is 1.85. The van der Waals surface area contributed by atoms with Crippen molar-refractivity contribution in [2.75, 3.05) is 6.61 Å². The summed E-state index contributed by atoms with van der Waals surface area (Å²) in [5.41, 5.74) is 0.434. The molecule has 1 fully saturated rings. The minimum Gasteiger partial charge on any atom is -0.396 e. The van der Waals surface area contributed by atoms with E-state index in [0.29, 0.717) is 16.5 Å². The number of benzene rings is 1. The van der Waals surface area contributed by atoms with Crippen molar-refractivity contribution in [3.05, 3.63) is 34.6 Å². The topological polar surface area (TPSA) is 29.5 Å². The predicted molar refractivity (Wildman–Crippen MR) is 69.0 cm³/mol. The summed E-state index contributed by atoms with van der Waals surface area (Å²) in [6.07, 6.45) is 3.97. The van der Waals surface area contributed by atoms with Crippen molar-refractivity contribution >= 4 is 11.6 Å². The monoisotopic (exact) mass is 272 g/mol. The van der Waals surface area contributed by atoms with E-state index < -0.39 is 0 Å². The highest BCUT2D eigenvalue weighted by molar-refractivity contribution is 6.31. The standard InChI is InChI=1S/C14H18ClFO2/c15-13-2-1-3-14(16)12(13)9-18-11-6-4-10(8-17)5-7-11/h1-3,10-11,17H,4-9H2. The van der Waals surface area contributed by atoms with E-state index in [4.69, 9.17) is 21.4 Å². The van der Waals surface area contributed by atoms with Gasteiger partial charge in [0.1, 0.15) is 5.82 Å². The summed E-state index contributed by atoms with van der Waals surface area (Å²) in [7, 11) is 0. The van der Waals surface area contributed by atoms with E-state index in [9.17, 15) is 4.39 Å². The van der Waals surface area contributed by atoms with Crippen LogP contribution in [0.25, 0.3) is 0 Å². The second-order valence-corrected chi connectivity index (χ2v) is 5.24. The zero-order chi connectivity index (χ0) is 13.0. The van der Waals surface area contributed by atoms with E-state index in [1.807, 2.05) is 0 Å². The van der Waals surface area contributed by atoms with Gasteiger partial charge in [0.05, 0.1) is 12.7 Å². The Morgan fingerprint density at radius 1 is 1.28 bits per heavy atom. The van der Waals surface area contributed by atoms with Crippen LogP contribution in [0.15, 0.2) is 18.2 Å². The fraction of sp³-hybridized carbons (Fsp3) is 0.571. The smallest absolute Gasteiger partial charge is 0.130 e. The molecule has 1 N–H and O–H groups in total. The summed E-state index contributed by atoms with van der Waals surface area (Å²) >= 11 is 5.94. The molecule has 0 atom stereocenters. The van der Waals surface area contributed by atoms with Gasteiger partial charge >= 0.3 is 0 Å². The molecule has 1 aromatic carbocycles. The number of halogens is 2. The Hall–Kier alpha value is -0.640. The molecule has 4 heteroatoms. The zero-order valence-corrected chi connectivity index (χ0v) is 11.0. The van der Waals surface area contributed by atoms with Crippen LogP contribution in [0, 0.1) is 11.7 Å². The molecule has 0 unspecified atom stereocenters. The van der Waals surface area contributed by atoms with Crippen LogP contribution in [-0.4, -0.2) is 17.8 Å². The molecule has 0 amide bonds. The first-order valence-electron chi connectivity index (χ1n) is 6.36. The van der Waals surface area contributed by atoms with Gasteiger partial charge in [0, 0.05) is 17.2 Å². The Morgan fingerprint density at radius 2 is 2.00 bits per heavy atom. The fourth-order valence-electron chi connectivity index (χ4n) is 2.35. The summed E-state index contributed by atoms with van der Waals surface area (Å²) in [5, 5.41) is 9.47. The zero-order valence-electron chi connectivity index (χ0n) is 10.2. The van der Waals surface area contributed by atoms with Crippen LogP contribution in [0.5, 0.6) is 0 Å². The molecule has 0 aromatic heterocycles. The van der Waals surface area contributed by atoms with Gasteiger partial charge in [-0.25, -0.2) is 4.39 Å². The normalized spacial score (nSPS) is 24.2. The quantitative estimate of drug-likeness (QED) is 0.908.